The summed E-state index contributed by atoms with van der Waals surface area (Å²) in [6.45, 7) is 5.86. The normalized spacial score (nSPS) is 11.0. The molecule has 0 fully saturated rings. The number of nitrogens with one attached hydrogen (secondary N) is 3. The SMILES string of the molecule is C.C.C.CCc1ccc(OC)c(S(=O)(=O)Nc2noc3cc(-c4cnn(C)c4)ccc23)c1.CCc1ccc(OC)c(S(=O)(=O)Nc2noc3cc(-c4cnn(C)c4)ccc23)c1.CCc1ccc(OC)c(S(=O)(=O)Nc2noc3cc(Br)ccc23)c1.Cn1cc(B(O)O)cn1.[2H]C[B].[2H]C[B].[HH]. The molecule has 12 aromatic rings. The van der Waals surface area contributed by atoms with E-state index in [1.165, 1.54) is 32.2 Å². The van der Waals surface area contributed by atoms with Gasteiger partial charge in [0.05, 0.1) is 65.6 Å². The van der Waals surface area contributed by atoms with Crippen LogP contribution in [0.3, 0.4) is 0 Å². The van der Waals surface area contributed by atoms with Crippen molar-refractivity contribution in [2.24, 2.45) is 21.1 Å². The molecule has 98 heavy (non-hydrogen) atoms. The number of fused-ring (bicyclic) bond motifs is 3. The van der Waals surface area contributed by atoms with E-state index >= 15 is 0 Å². The first kappa shape index (κ1) is 77.6. The van der Waals surface area contributed by atoms with Gasteiger partial charge in [-0.3, -0.25) is 28.2 Å². The minimum atomic E-state index is -3.92. The third-order valence-electron chi connectivity index (χ3n) is 13.9. The molecular weight excluding hydrogens is 1380 g/mol. The second-order valence-corrected chi connectivity index (χ2v) is 26.0. The maximum Gasteiger partial charge on any atom is 0.491 e. The van der Waals surface area contributed by atoms with Crippen LogP contribution in [0.15, 0.2) is 179 Å². The molecule has 0 amide bonds. The number of methoxy groups -OCH3 is 3. The lowest BCUT2D eigenvalue weighted by atomic mass is 9.83. The molecule has 33 heteroatoms. The maximum absolute atomic E-state index is 13.0. The first-order valence-electron chi connectivity index (χ1n) is 30.0. The van der Waals surface area contributed by atoms with Crippen molar-refractivity contribution in [3.63, 3.8) is 0 Å². The summed E-state index contributed by atoms with van der Waals surface area (Å²) in [5, 5.41) is 42.5. The summed E-state index contributed by atoms with van der Waals surface area (Å²) in [6, 6.07) is 31.4. The van der Waals surface area contributed by atoms with E-state index in [0.717, 1.165) is 43.4 Å². The Morgan fingerprint density at radius 1 is 0.500 bits per heavy atom. The molecule has 6 heterocycles. The van der Waals surface area contributed by atoms with Crippen molar-refractivity contribution in [1.29, 1.82) is 0 Å². The molecule has 4 radical (unpaired) electrons. The van der Waals surface area contributed by atoms with E-state index in [4.69, 9.17) is 40.6 Å². The standard InChI is InChI=1S/2C20H20N4O4S.C16H15BrN2O4S.C4H7BN2O2.2CH3B.3CH4.H2/c2*1-4-13-5-8-17(27-3)19(9-13)29(25,26)23-20-16-7-6-14(10-18(16)28-22-20)15-11-21-24(2)12-15;1-3-10-4-7-13(22-2)15(8-10)24(20,21)19-16-12-6-5-11(17)9-14(12)23-18-16;1-7-3-4(2-6-7)5(8)9;2*1-2;;;;/h2*5-12H,4H2,1-3H3,(H,22,23);4-9H,3H2,1-2H3,(H,18,19);2-3,8-9H,1H3;2*1H3;3*1H4;1H/i;;;;2*1D;;;;. The molecule has 0 aliphatic carbocycles. The van der Waals surface area contributed by atoms with E-state index in [1.807, 2.05) is 77.6 Å². The van der Waals surface area contributed by atoms with Crippen LogP contribution < -0.4 is 33.8 Å². The number of hydrogen-bond donors (Lipinski definition) is 5. The molecule has 0 unspecified atom stereocenters. The molecule has 26 nitrogen and oxygen atoms in total. The van der Waals surface area contributed by atoms with E-state index in [0.29, 0.717) is 57.6 Å². The van der Waals surface area contributed by atoms with Gasteiger partial charge in [-0.25, -0.2) is 25.3 Å². The Bertz CT molecular complexity index is 4780. The fourth-order valence-corrected chi connectivity index (χ4v) is 13.1. The Morgan fingerprint density at radius 3 is 1.09 bits per heavy atom. The minimum absolute atomic E-state index is 0. The second-order valence-electron chi connectivity index (χ2n) is 20.1. The molecule has 0 saturated carbocycles. The average Bonchev–Trinajstić information content (AvgIpc) is 1.76. The smallest absolute Gasteiger partial charge is 0.491 e. The summed E-state index contributed by atoms with van der Waals surface area (Å²) < 4.78 is 134. The number of hydrogen-bond acceptors (Lipinski definition) is 20. The molecule has 6 aromatic carbocycles. The Morgan fingerprint density at radius 2 is 0.816 bits per heavy atom. The van der Waals surface area contributed by atoms with Gasteiger partial charge in [0, 0.05) is 71.2 Å². The van der Waals surface area contributed by atoms with Gasteiger partial charge in [-0.15, -0.1) is 0 Å². The van der Waals surface area contributed by atoms with Crippen LogP contribution in [0.1, 0.15) is 63.9 Å². The van der Waals surface area contributed by atoms with E-state index < -0.39 is 37.2 Å². The van der Waals surface area contributed by atoms with E-state index in [-0.39, 0.29) is 86.7 Å². The van der Waals surface area contributed by atoms with Crippen molar-refractivity contribution in [2.45, 2.75) is 90.6 Å². The van der Waals surface area contributed by atoms with Crippen molar-refractivity contribution in [1.82, 2.24) is 44.8 Å². The highest BCUT2D eigenvalue weighted by atomic mass is 79.9. The quantitative estimate of drug-likeness (QED) is 0.0498. The van der Waals surface area contributed by atoms with Crippen LogP contribution in [0.25, 0.3) is 55.2 Å². The van der Waals surface area contributed by atoms with E-state index in [2.05, 4.69) is 76.6 Å². The van der Waals surface area contributed by atoms with Gasteiger partial charge in [-0.05, 0) is 126 Å². The molecule has 0 aliphatic heterocycles. The maximum atomic E-state index is 13.0. The van der Waals surface area contributed by atoms with Gasteiger partial charge in [-0.1, -0.05) is 118 Å². The van der Waals surface area contributed by atoms with Crippen molar-refractivity contribution in [2.75, 3.05) is 35.5 Å². The van der Waals surface area contributed by atoms with Crippen LogP contribution in [-0.2, 0) is 70.5 Å². The Hall–Kier alpha value is -9.40. The summed E-state index contributed by atoms with van der Waals surface area (Å²) in [5.41, 5.74) is 8.15. The minimum Gasteiger partial charge on any atom is -0.495 e. The van der Waals surface area contributed by atoms with Crippen molar-refractivity contribution in [3.8, 4) is 39.5 Å². The molecule has 520 valence electrons. The fraction of sp³-hybridized carbons (Fsp3) is 0.262. The molecule has 5 N–H and O–H groups in total. The number of rotatable bonds is 18. The van der Waals surface area contributed by atoms with Gasteiger partial charge < -0.3 is 37.8 Å². The molecule has 0 bridgehead atoms. The van der Waals surface area contributed by atoms with Crippen LogP contribution in [0.2, 0.25) is 13.6 Å². The number of aryl methyl sites for hydroxylation is 6. The van der Waals surface area contributed by atoms with Crippen molar-refractivity contribution in [3.05, 3.63) is 168 Å². The third kappa shape index (κ3) is 19.7. The first-order chi connectivity index (χ1) is 46.3. The van der Waals surface area contributed by atoms with Crippen LogP contribution in [-0.4, -0.2) is 124 Å². The molecule has 0 aliphatic rings. The van der Waals surface area contributed by atoms with Gasteiger partial charge >= 0.3 is 7.12 Å². The van der Waals surface area contributed by atoms with Gasteiger partial charge in [0.25, 0.3) is 30.1 Å². The van der Waals surface area contributed by atoms with Crippen LogP contribution in [0.4, 0.5) is 17.5 Å². The lowest BCUT2D eigenvalue weighted by Crippen LogP contribution is -2.28. The van der Waals surface area contributed by atoms with Crippen molar-refractivity contribution < 1.29 is 67.2 Å². The number of anilines is 3. The molecule has 0 saturated heterocycles. The number of nitrogens with zero attached hydrogens (tertiary/aromatic N) is 9. The number of benzene rings is 6. The van der Waals surface area contributed by atoms with Gasteiger partial charge in [0.1, 0.15) is 31.9 Å². The Balaban J connectivity index is 0.000000352. The molecule has 6 aromatic heterocycles. The highest BCUT2D eigenvalue weighted by molar-refractivity contribution is 9.10. The predicted octanol–water partition coefficient (Wildman–Crippen LogP) is 11.8. The molecule has 0 atom stereocenters. The van der Waals surface area contributed by atoms with E-state index in [9.17, 15) is 25.3 Å². The summed E-state index contributed by atoms with van der Waals surface area (Å²) in [6.07, 6.45) is 12.3. The lowest BCUT2D eigenvalue weighted by molar-refractivity contribution is 0.402. The molecular formula is C65H82B3BrN12O14S3. The summed E-state index contributed by atoms with van der Waals surface area (Å²) in [7, 11) is 5.61. The van der Waals surface area contributed by atoms with Gasteiger partial charge in [-0.2, -0.15) is 15.3 Å². The summed E-state index contributed by atoms with van der Waals surface area (Å²) >= 11 is 3.33. The van der Waals surface area contributed by atoms with Gasteiger partial charge in [0.2, 0.25) is 0 Å². The van der Waals surface area contributed by atoms with Gasteiger partial charge in [0.15, 0.2) is 34.2 Å². The topological polar surface area (TPSA) is 338 Å². The zero-order valence-corrected chi connectivity index (χ0v) is 57.1. The fourth-order valence-electron chi connectivity index (χ4n) is 9.08. The zero-order chi connectivity index (χ0) is 70.8. The molecule has 0 spiro atoms. The number of sulfonamides is 3. The number of ether oxygens (including phenoxy) is 3. The highest BCUT2D eigenvalue weighted by Gasteiger charge is 2.27. The number of halogens is 1. The zero-order valence-electron chi connectivity index (χ0n) is 55.0. The lowest BCUT2D eigenvalue weighted by Gasteiger charge is -2.11. The summed E-state index contributed by atoms with van der Waals surface area (Å²) in [5.74, 6) is 1.20. The Labute approximate surface area is 587 Å². The first-order valence-corrected chi connectivity index (χ1v) is 33.8. The highest BCUT2D eigenvalue weighted by Crippen LogP contribution is 2.36. The summed E-state index contributed by atoms with van der Waals surface area (Å²) in [4.78, 5) is 0.183. The van der Waals surface area contributed by atoms with Crippen LogP contribution in [0.5, 0.6) is 17.2 Å². The Kier molecular flexibility index (Phi) is 28.7. The van der Waals surface area contributed by atoms with Crippen LogP contribution >= 0.6 is 15.9 Å². The van der Waals surface area contributed by atoms with Crippen LogP contribution in [0, 0.1) is 0 Å². The largest absolute Gasteiger partial charge is 0.495 e. The average molecular weight is 1470 g/mol. The third-order valence-corrected chi connectivity index (χ3v) is 18.5. The molecule has 12 rings (SSSR count). The predicted molar refractivity (Wildman–Crippen MR) is 392 cm³/mol. The van der Waals surface area contributed by atoms with E-state index in [1.54, 1.807) is 114 Å². The van der Waals surface area contributed by atoms with Crippen molar-refractivity contribution >= 4 is 125 Å². The monoisotopic (exact) mass is 1460 g/mol. The second kappa shape index (κ2) is 36.3. The number of aromatic nitrogens is 9.